The van der Waals surface area contributed by atoms with Gasteiger partial charge < -0.3 is 10.1 Å². The maximum absolute atomic E-state index is 12.7. The van der Waals surface area contributed by atoms with Crippen LogP contribution in [0.4, 0.5) is 18.9 Å². The summed E-state index contributed by atoms with van der Waals surface area (Å²) in [4.78, 5) is 12.0. The smallest absolute Gasteiger partial charge is 0.436 e. The largest absolute Gasteiger partial charge is 0.495 e. The SMILES string of the molecule is COc1ccccc1NC(=O)Cn1nc(C(F)(F)F)c(Cl)c1C. The number of halogens is 4. The Morgan fingerprint density at radius 1 is 1.39 bits per heavy atom. The van der Waals surface area contributed by atoms with Gasteiger partial charge in [0.15, 0.2) is 5.69 Å². The number of nitrogens with one attached hydrogen (secondary N) is 1. The first-order chi connectivity index (χ1) is 10.7. The van der Waals surface area contributed by atoms with E-state index in [9.17, 15) is 18.0 Å². The van der Waals surface area contributed by atoms with Crippen LogP contribution in [0.2, 0.25) is 5.02 Å². The predicted octanol–water partition coefficient (Wildman–Crippen LogP) is 3.51. The van der Waals surface area contributed by atoms with Crippen LogP contribution >= 0.6 is 11.6 Å². The van der Waals surface area contributed by atoms with E-state index < -0.39 is 29.3 Å². The number of rotatable bonds is 4. The lowest BCUT2D eigenvalue weighted by Crippen LogP contribution is -2.21. The number of carbonyl (C=O) groups is 1. The fourth-order valence-corrected chi connectivity index (χ4v) is 2.18. The summed E-state index contributed by atoms with van der Waals surface area (Å²) in [7, 11) is 1.44. The molecule has 1 amide bonds. The highest BCUT2D eigenvalue weighted by Crippen LogP contribution is 2.35. The van der Waals surface area contributed by atoms with E-state index in [0.717, 1.165) is 4.68 Å². The molecule has 1 aromatic heterocycles. The summed E-state index contributed by atoms with van der Waals surface area (Å²) in [6.45, 7) is 0.959. The standard InChI is InChI=1S/C14H13ClF3N3O2/c1-8-12(15)13(14(16,17)18)20-21(8)7-11(22)19-9-5-3-4-6-10(9)23-2/h3-6H,7H2,1-2H3,(H,19,22). The summed E-state index contributed by atoms with van der Waals surface area (Å²) >= 11 is 5.63. The number of para-hydroxylation sites is 2. The van der Waals surface area contributed by atoms with Crippen molar-refractivity contribution in [1.29, 1.82) is 0 Å². The molecule has 124 valence electrons. The maximum atomic E-state index is 12.7. The van der Waals surface area contributed by atoms with Crippen molar-refractivity contribution in [1.82, 2.24) is 9.78 Å². The Labute approximate surface area is 135 Å². The van der Waals surface area contributed by atoms with Crippen molar-refractivity contribution >= 4 is 23.2 Å². The normalized spacial score (nSPS) is 11.4. The van der Waals surface area contributed by atoms with Crippen LogP contribution in [-0.2, 0) is 17.5 Å². The number of anilines is 1. The molecule has 1 aromatic carbocycles. The van der Waals surface area contributed by atoms with E-state index in [1.807, 2.05) is 0 Å². The van der Waals surface area contributed by atoms with Gasteiger partial charge in [0.2, 0.25) is 5.91 Å². The number of nitrogens with zero attached hydrogens (tertiary/aromatic N) is 2. The molecule has 23 heavy (non-hydrogen) atoms. The summed E-state index contributed by atoms with van der Waals surface area (Å²) < 4.78 is 44.2. The molecule has 0 aliphatic heterocycles. The van der Waals surface area contributed by atoms with Gasteiger partial charge in [-0.2, -0.15) is 18.3 Å². The fourth-order valence-electron chi connectivity index (χ4n) is 1.93. The second-order valence-corrected chi connectivity index (χ2v) is 5.03. The third-order valence-electron chi connectivity index (χ3n) is 3.08. The van der Waals surface area contributed by atoms with Gasteiger partial charge in [0.05, 0.1) is 23.5 Å². The fraction of sp³-hybridized carbons (Fsp3) is 0.286. The zero-order valence-corrected chi connectivity index (χ0v) is 13.0. The second kappa shape index (κ2) is 6.49. The molecule has 0 saturated heterocycles. The number of methoxy groups -OCH3 is 1. The van der Waals surface area contributed by atoms with Gasteiger partial charge >= 0.3 is 6.18 Å². The number of alkyl halides is 3. The van der Waals surface area contributed by atoms with Crippen molar-refractivity contribution < 1.29 is 22.7 Å². The molecule has 1 N–H and O–H groups in total. The second-order valence-electron chi connectivity index (χ2n) is 4.65. The van der Waals surface area contributed by atoms with E-state index in [0.29, 0.717) is 11.4 Å². The highest BCUT2D eigenvalue weighted by molar-refractivity contribution is 6.32. The summed E-state index contributed by atoms with van der Waals surface area (Å²) in [6.07, 6.45) is -4.67. The Bertz CT molecular complexity index is 729. The van der Waals surface area contributed by atoms with Crippen molar-refractivity contribution in [2.24, 2.45) is 0 Å². The van der Waals surface area contributed by atoms with Gasteiger partial charge in [-0.05, 0) is 19.1 Å². The van der Waals surface area contributed by atoms with E-state index >= 15 is 0 Å². The molecule has 0 fully saturated rings. The molecule has 0 unspecified atom stereocenters. The molecular formula is C14H13ClF3N3O2. The first kappa shape index (κ1) is 17.1. The van der Waals surface area contributed by atoms with Crippen LogP contribution in [0.3, 0.4) is 0 Å². The zero-order chi connectivity index (χ0) is 17.2. The first-order valence-electron chi connectivity index (χ1n) is 6.47. The highest BCUT2D eigenvalue weighted by Gasteiger charge is 2.38. The molecule has 2 aromatic rings. The van der Waals surface area contributed by atoms with Crippen LogP contribution in [0.1, 0.15) is 11.4 Å². The zero-order valence-electron chi connectivity index (χ0n) is 12.2. The Morgan fingerprint density at radius 3 is 2.61 bits per heavy atom. The molecule has 0 aliphatic carbocycles. The lowest BCUT2D eigenvalue weighted by atomic mass is 10.3. The molecule has 1 heterocycles. The molecule has 0 atom stereocenters. The number of hydrogen-bond donors (Lipinski definition) is 1. The number of benzene rings is 1. The Hall–Kier alpha value is -2.22. The molecule has 0 radical (unpaired) electrons. The van der Waals surface area contributed by atoms with Crippen LogP contribution in [0.15, 0.2) is 24.3 Å². The Morgan fingerprint density at radius 2 is 2.04 bits per heavy atom. The number of amides is 1. The minimum absolute atomic E-state index is 0.0640. The molecular weight excluding hydrogens is 335 g/mol. The number of carbonyl (C=O) groups excluding carboxylic acids is 1. The van der Waals surface area contributed by atoms with Crippen LogP contribution in [0.5, 0.6) is 5.75 Å². The minimum atomic E-state index is -4.67. The Balaban J connectivity index is 2.18. The topological polar surface area (TPSA) is 56.1 Å². The molecule has 9 heteroatoms. The monoisotopic (exact) mass is 347 g/mol. The van der Waals surface area contributed by atoms with Gasteiger partial charge in [0.1, 0.15) is 12.3 Å². The molecule has 0 spiro atoms. The van der Waals surface area contributed by atoms with Crippen molar-refractivity contribution in [3.8, 4) is 5.75 Å². The number of ether oxygens (including phenoxy) is 1. The summed E-state index contributed by atoms with van der Waals surface area (Å²) in [5, 5.41) is 5.42. The maximum Gasteiger partial charge on any atom is 0.436 e. The average Bonchev–Trinajstić information content (AvgIpc) is 2.76. The van der Waals surface area contributed by atoms with Crippen molar-refractivity contribution in [2.75, 3.05) is 12.4 Å². The minimum Gasteiger partial charge on any atom is -0.495 e. The van der Waals surface area contributed by atoms with E-state index in [1.165, 1.54) is 14.0 Å². The number of aromatic nitrogens is 2. The quantitative estimate of drug-likeness (QED) is 0.920. The van der Waals surface area contributed by atoms with E-state index in [1.54, 1.807) is 24.3 Å². The van der Waals surface area contributed by atoms with Crippen LogP contribution in [-0.4, -0.2) is 22.8 Å². The molecule has 0 aliphatic rings. The molecule has 0 saturated carbocycles. The van der Waals surface area contributed by atoms with Gasteiger partial charge in [-0.1, -0.05) is 23.7 Å². The third-order valence-corrected chi connectivity index (χ3v) is 3.53. The van der Waals surface area contributed by atoms with Crippen molar-refractivity contribution in [3.63, 3.8) is 0 Å². The number of hydrogen-bond acceptors (Lipinski definition) is 3. The van der Waals surface area contributed by atoms with E-state index in [4.69, 9.17) is 16.3 Å². The van der Waals surface area contributed by atoms with Gasteiger partial charge in [-0.25, -0.2) is 0 Å². The van der Waals surface area contributed by atoms with Crippen LogP contribution in [0, 0.1) is 6.92 Å². The highest BCUT2D eigenvalue weighted by atomic mass is 35.5. The summed E-state index contributed by atoms with van der Waals surface area (Å²) in [6, 6.07) is 6.67. The van der Waals surface area contributed by atoms with Crippen molar-refractivity contribution in [2.45, 2.75) is 19.6 Å². The van der Waals surface area contributed by atoms with Crippen LogP contribution < -0.4 is 10.1 Å². The lowest BCUT2D eigenvalue weighted by molar-refractivity contribution is -0.141. The van der Waals surface area contributed by atoms with Crippen LogP contribution in [0.25, 0.3) is 0 Å². The molecule has 0 bridgehead atoms. The molecule has 5 nitrogen and oxygen atoms in total. The summed E-state index contributed by atoms with van der Waals surface area (Å²) in [5.41, 5.74) is -0.733. The van der Waals surface area contributed by atoms with Crippen molar-refractivity contribution in [3.05, 3.63) is 40.7 Å². The first-order valence-corrected chi connectivity index (χ1v) is 6.84. The van der Waals surface area contributed by atoms with E-state index in [-0.39, 0.29) is 5.69 Å². The van der Waals surface area contributed by atoms with E-state index in [2.05, 4.69) is 10.4 Å². The third kappa shape index (κ3) is 3.76. The average molecular weight is 348 g/mol. The van der Waals surface area contributed by atoms with Gasteiger partial charge in [0, 0.05) is 0 Å². The lowest BCUT2D eigenvalue weighted by Gasteiger charge is -2.10. The Kier molecular flexibility index (Phi) is 4.84. The van der Waals surface area contributed by atoms with Gasteiger partial charge in [-0.15, -0.1) is 0 Å². The molecule has 2 rings (SSSR count). The van der Waals surface area contributed by atoms with Gasteiger partial charge in [-0.3, -0.25) is 9.48 Å². The van der Waals surface area contributed by atoms with Gasteiger partial charge in [0.25, 0.3) is 0 Å². The summed E-state index contributed by atoms with van der Waals surface area (Å²) in [5.74, 6) is -0.113. The predicted molar refractivity (Wildman–Crippen MR) is 78.6 cm³/mol.